The molecule has 1 aromatic rings. The Bertz CT molecular complexity index is 510. The van der Waals surface area contributed by atoms with Crippen molar-refractivity contribution in [2.45, 2.75) is 33.2 Å². The largest absolute Gasteiger partial charge is 0.480 e. The summed E-state index contributed by atoms with van der Waals surface area (Å²) in [6, 6.07) is 7.75. The van der Waals surface area contributed by atoms with Crippen LogP contribution in [0.15, 0.2) is 30.3 Å². The van der Waals surface area contributed by atoms with Gasteiger partial charge in [0.2, 0.25) is 5.91 Å². The highest BCUT2D eigenvalue weighted by molar-refractivity contribution is 5.94. The lowest BCUT2D eigenvalue weighted by Crippen LogP contribution is -2.47. The predicted octanol–water partition coefficient (Wildman–Crippen LogP) is 2.72. The Labute approximate surface area is 119 Å². The van der Waals surface area contributed by atoms with Gasteiger partial charge in [-0.2, -0.15) is 0 Å². The molecule has 0 fully saturated rings. The monoisotopic (exact) mass is 275 g/mol. The van der Waals surface area contributed by atoms with Gasteiger partial charge in [-0.05, 0) is 39.3 Å². The second-order valence-electron chi connectivity index (χ2n) is 5.73. The van der Waals surface area contributed by atoms with Crippen molar-refractivity contribution in [1.29, 1.82) is 0 Å². The van der Waals surface area contributed by atoms with Crippen LogP contribution in [0, 0.1) is 6.92 Å². The van der Waals surface area contributed by atoms with Crippen molar-refractivity contribution < 1.29 is 14.7 Å². The zero-order chi connectivity index (χ0) is 15.3. The lowest BCUT2D eigenvalue weighted by Gasteiger charge is -2.33. The van der Waals surface area contributed by atoms with Gasteiger partial charge in [-0.15, -0.1) is 0 Å². The van der Waals surface area contributed by atoms with E-state index in [1.807, 2.05) is 52.0 Å². The molecule has 0 saturated carbocycles. The maximum atomic E-state index is 12.1. The minimum Gasteiger partial charge on any atom is -0.480 e. The molecular formula is C16H21NO3. The molecule has 0 atom stereocenters. The van der Waals surface area contributed by atoms with Gasteiger partial charge in [0.05, 0.1) is 0 Å². The van der Waals surface area contributed by atoms with Gasteiger partial charge in [-0.1, -0.05) is 29.8 Å². The summed E-state index contributed by atoms with van der Waals surface area (Å²) in [4.78, 5) is 24.3. The third-order valence-corrected chi connectivity index (χ3v) is 2.86. The molecule has 4 heteroatoms. The van der Waals surface area contributed by atoms with Crippen LogP contribution in [-0.4, -0.2) is 34.0 Å². The molecule has 0 aliphatic carbocycles. The Morgan fingerprint density at radius 3 is 2.20 bits per heavy atom. The quantitative estimate of drug-likeness (QED) is 0.860. The number of hydrogen-bond acceptors (Lipinski definition) is 2. The molecule has 0 aliphatic rings. The van der Waals surface area contributed by atoms with Crippen molar-refractivity contribution in [1.82, 2.24) is 4.90 Å². The molecule has 0 spiro atoms. The lowest BCUT2D eigenvalue weighted by molar-refractivity contribution is -0.145. The van der Waals surface area contributed by atoms with Crippen LogP contribution < -0.4 is 0 Å². The Morgan fingerprint density at radius 1 is 1.20 bits per heavy atom. The average Bonchev–Trinajstić information content (AvgIpc) is 2.33. The van der Waals surface area contributed by atoms with Crippen molar-refractivity contribution in [2.24, 2.45) is 0 Å². The van der Waals surface area contributed by atoms with Gasteiger partial charge in [0, 0.05) is 11.6 Å². The number of carbonyl (C=O) groups is 2. The number of rotatable bonds is 4. The van der Waals surface area contributed by atoms with Crippen molar-refractivity contribution in [3.8, 4) is 0 Å². The van der Waals surface area contributed by atoms with E-state index in [-0.39, 0.29) is 12.5 Å². The zero-order valence-corrected chi connectivity index (χ0v) is 12.4. The normalized spacial score (nSPS) is 11.6. The zero-order valence-electron chi connectivity index (χ0n) is 12.4. The first kappa shape index (κ1) is 16.0. The fraction of sp³-hybridized carbons (Fsp3) is 0.375. The fourth-order valence-corrected chi connectivity index (χ4v) is 1.72. The van der Waals surface area contributed by atoms with E-state index < -0.39 is 11.5 Å². The second-order valence-corrected chi connectivity index (χ2v) is 5.73. The number of aliphatic carboxylic acids is 1. The maximum Gasteiger partial charge on any atom is 0.323 e. The molecule has 0 radical (unpaired) electrons. The van der Waals surface area contributed by atoms with E-state index in [2.05, 4.69) is 0 Å². The van der Waals surface area contributed by atoms with Crippen LogP contribution >= 0.6 is 0 Å². The Balaban J connectivity index is 2.85. The standard InChI is InChI=1S/C16H21NO3/c1-12-5-7-13(8-6-12)9-10-14(18)17(11-15(19)20)16(2,3)4/h5-10H,11H2,1-4H3,(H,19,20). The Hall–Kier alpha value is -2.10. The van der Waals surface area contributed by atoms with Crippen LogP contribution in [0.4, 0.5) is 0 Å². The molecule has 1 rings (SSSR count). The SMILES string of the molecule is Cc1ccc(C=CC(=O)N(CC(=O)O)C(C)(C)C)cc1. The number of hydrogen-bond donors (Lipinski definition) is 1. The van der Waals surface area contributed by atoms with Crippen LogP contribution in [0.3, 0.4) is 0 Å². The van der Waals surface area contributed by atoms with Crippen molar-refractivity contribution in [3.05, 3.63) is 41.5 Å². The van der Waals surface area contributed by atoms with Gasteiger partial charge in [-0.3, -0.25) is 9.59 Å². The average molecular weight is 275 g/mol. The molecular weight excluding hydrogens is 254 g/mol. The highest BCUT2D eigenvalue weighted by Crippen LogP contribution is 2.14. The van der Waals surface area contributed by atoms with Crippen LogP contribution in [-0.2, 0) is 9.59 Å². The van der Waals surface area contributed by atoms with Gasteiger partial charge >= 0.3 is 5.97 Å². The molecule has 1 aromatic carbocycles. The first-order valence-electron chi connectivity index (χ1n) is 6.48. The smallest absolute Gasteiger partial charge is 0.323 e. The van der Waals surface area contributed by atoms with Crippen molar-refractivity contribution >= 4 is 18.0 Å². The van der Waals surface area contributed by atoms with Gasteiger partial charge < -0.3 is 10.0 Å². The van der Waals surface area contributed by atoms with Crippen molar-refractivity contribution in [2.75, 3.05) is 6.54 Å². The number of carbonyl (C=O) groups excluding carboxylic acids is 1. The van der Waals surface area contributed by atoms with E-state index in [0.717, 1.165) is 11.1 Å². The number of benzene rings is 1. The minimum absolute atomic E-state index is 0.305. The molecule has 0 aromatic heterocycles. The summed E-state index contributed by atoms with van der Waals surface area (Å²) < 4.78 is 0. The van der Waals surface area contributed by atoms with E-state index in [4.69, 9.17) is 5.11 Å². The van der Waals surface area contributed by atoms with E-state index in [1.54, 1.807) is 6.08 Å². The molecule has 1 amide bonds. The molecule has 20 heavy (non-hydrogen) atoms. The summed E-state index contributed by atoms with van der Waals surface area (Å²) in [5.41, 5.74) is 1.52. The molecule has 0 saturated heterocycles. The summed E-state index contributed by atoms with van der Waals surface area (Å²) in [7, 11) is 0. The van der Waals surface area contributed by atoms with E-state index in [0.29, 0.717) is 0 Å². The second kappa shape index (κ2) is 6.37. The molecule has 0 unspecified atom stereocenters. The highest BCUT2D eigenvalue weighted by Gasteiger charge is 2.26. The van der Waals surface area contributed by atoms with Gasteiger partial charge in [0.1, 0.15) is 6.54 Å². The van der Waals surface area contributed by atoms with Crippen LogP contribution in [0.25, 0.3) is 6.08 Å². The molecule has 0 bridgehead atoms. The van der Waals surface area contributed by atoms with E-state index in [1.165, 1.54) is 11.0 Å². The first-order chi connectivity index (χ1) is 9.20. The Kier molecular flexibility index (Phi) is 5.08. The number of amides is 1. The highest BCUT2D eigenvalue weighted by atomic mass is 16.4. The summed E-state index contributed by atoms with van der Waals surface area (Å²) in [6.45, 7) is 7.13. The third-order valence-electron chi connectivity index (χ3n) is 2.86. The topological polar surface area (TPSA) is 57.6 Å². The predicted molar refractivity (Wildman–Crippen MR) is 79.3 cm³/mol. The van der Waals surface area contributed by atoms with Crippen molar-refractivity contribution in [3.63, 3.8) is 0 Å². The molecule has 0 aliphatic heterocycles. The van der Waals surface area contributed by atoms with Gasteiger partial charge in [0.25, 0.3) is 0 Å². The minimum atomic E-state index is -1.02. The third kappa shape index (κ3) is 4.88. The fourth-order valence-electron chi connectivity index (χ4n) is 1.72. The number of aryl methyl sites for hydroxylation is 1. The summed E-state index contributed by atoms with van der Waals surface area (Å²) in [5.74, 6) is -1.32. The molecule has 1 N–H and O–H groups in total. The number of carboxylic acids is 1. The summed E-state index contributed by atoms with van der Waals surface area (Å²) >= 11 is 0. The first-order valence-corrected chi connectivity index (χ1v) is 6.48. The van der Waals surface area contributed by atoms with Crippen LogP contribution in [0.5, 0.6) is 0 Å². The maximum absolute atomic E-state index is 12.1. The number of nitrogens with zero attached hydrogens (tertiary/aromatic N) is 1. The summed E-state index contributed by atoms with van der Waals surface area (Å²) in [6.07, 6.45) is 3.11. The molecule has 108 valence electrons. The van der Waals surface area contributed by atoms with Gasteiger partial charge in [-0.25, -0.2) is 0 Å². The summed E-state index contributed by atoms with van der Waals surface area (Å²) in [5, 5.41) is 8.89. The van der Waals surface area contributed by atoms with E-state index in [9.17, 15) is 9.59 Å². The van der Waals surface area contributed by atoms with E-state index >= 15 is 0 Å². The lowest BCUT2D eigenvalue weighted by atomic mass is 10.1. The molecule has 0 heterocycles. The Morgan fingerprint density at radius 2 is 1.75 bits per heavy atom. The van der Waals surface area contributed by atoms with Crippen LogP contribution in [0.2, 0.25) is 0 Å². The molecule has 4 nitrogen and oxygen atoms in total. The number of carboxylic acid groups (broad SMARTS) is 1. The van der Waals surface area contributed by atoms with Gasteiger partial charge in [0.15, 0.2) is 0 Å². The van der Waals surface area contributed by atoms with Crippen LogP contribution in [0.1, 0.15) is 31.9 Å².